The van der Waals surface area contributed by atoms with E-state index in [1.54, 1.807) is 38.1 Å². The van der Waals surface area contributed by atoms with Crippen LogP contribution in [0.4, 0.5) is 11.4 Å². The number of sulfonamides is 1. The van der Waals surface area contributed by atoms with E-state index >= 15 is 0 Å². The van der Waals surface area contributed by atoms with Gasteiger partial charge in [-0.1, -0.05) is 49.7 Å². The topological polar surface area (TPSA) is 130 Å². The van der Waals surface area contributed by atoms with Gasteiger partial charge in [0.15, 0.2) is 0 Å². The van der Waals surface area contributed by atoms with Gasteiger partial charge in [-0.3, -0.25) is 24.0 Å². The van der Waals surface area contributed by atoms with Crippen LogP contribution in [0.15, 0.2) is 42.5 Å². The van der Waals surface area contributed by atoms with Gasteiger partial charge in [-0.05, 0) is 43.9 Å². The first-order chi connectivity index (χ1) is 17.3. The Morgan fingerprint density at radius 1 is 1.14 bits per heavy atom. The lowest BCUT2D eigenvalue weighted by Gasteiger charge is -2.33. The highest BCUT2D eigenvalue weighted by Crippen LogP contribution is 2.28. The number of aryl methyl sites for hydroxylation is 1. The number of non-ortho nitro benzene ring substituents is 1. The van der Waals surface area contributed by atoms with Gasteiger partial charge in [-0.2, -0.15) is 0 Å². The number of hydrogen-bond donors (Lipinski definition) is 1. The van der Waals surface area contributed by atoms with Crippen LogP contribution in [0.25, 0.3) is 0 Å². The Morgan fingerprint density at radius 3 is 2.32 bits per heavy atom. The molecule has 10 nitrogen and oxygen atoms in total. The number of rotatable bonds is 12. The van der Waals surface area contributed by atoms with E-state index in [-0.39, 0.29) is 36.3 Å². The smallest absolute Gasteiger partial charge is 0.271 e. The van der Waals surface area contributed by atoms with Crippen molar-refractivity contribution in [2.45, 2.75) is 59.2 Å². The molecule has 2 aromatic carbocycles. The average molecular weight is 553 g/mol. The number of halogens is 1. The molecule has 0 saturated heterocycles. The third-order valence-electron chi connectivity index (χ3n) is 6.04. The van der Waals surface area contributed by atoms with Crippen LogP contribution in [0.1, 0.15) is 44.7 Å². The quantitative estimate of drug-likeness (QED) is 0.312. The summed E-state index contributed by atoms with van der Waals surface area (Å²) in [4.78, 5) is 38.9. The van der Waals surface area contributed by atoms with Crippen LogP contribution < -0.4 is 9.62 Å². The molecule has 0 aliphatic carbocycles. The van der Waals surface area contributed by atoms with Crippen LogP contribution in [0.3, 0.4) is 0 Å². The maximum Gasteiger partial charge on any atom is 0.271 e. The van der Waals surface area contributed by atoms with Gasteiger partial charge in [-0.25, -0.2) is 8.42 Å². The van der Waals surface area contributed by atoms with Crippen molar-refractivity contribution < 1.29 is 22.9 Å². The second-order valence-corrected chi connectivity index (χ2v) is 11.2. The summed E-state index contributed by atoms with van der Waals surface area (Å²) >= 11 is 6.34. The zero-order valence-corrected chi connectivity index (χ0v) is 23.2. The van der Waals surface area contributed by atoms with Crippen LogP contribution in [-0.2, 0) is 26.2 Å². The summed E-state index contributed by atoms with van der Waals surface area (Å²) in [7, 11) is -4.03. The lowest BCUT2D eigenvalue weighted by molar-refractivity contribution is -0.384. The summed E-state index contributed by atoms with van der Waals surface area (Å²) in [6.45, 7) is 6.44. The molecule has 202 valence electrons. The molecule has 0 aliphatic heterocycles. The molecule has 0 saturated carbocycles. The van der Waals surface area contributed by atoms with Crippen molar-refractivity contribution in [2.75, 3.05) is 17.1 Å². The van der Waals surface area contributed by atoms with Gasteiger partial charge in [-0.15, -0.1) is 0 Å². The molecule has 0 radical (unpaired) electrons. The van der Waals surface area contributed by atoms with E-state index in [0.29, 0.717) is 22.6 Å². The predicted molar refractivity (Wildman–Crippen MR) is 144 cm³/mol. The molecule has 0 spiro atoms. The SMILES string of the molecule is CC[C@@H](C)NC(=O)[C@H](CC)N(Cc1ccccc1Cl)C(=O)CN(c1cc([N+](=O)[O-])ccc1C)S(C)(=O)=O. The maximum atomic E-state index is 13.7. The Kier molecular flexibility index (Phi) is 10.4. The number of carbonyl (C=O) groups is 2. The minimum absolute atomic E-state index is 0.0137. The van der Waals surface area contributed by atoms with Gasteiger partial charge in [0.1, 0.15) is 12.6 Å². The molecule has 0 bridgehead atoms. The monoisotopic (exact) mass is 552 g/mol. The van der Waals surface area contributed by atoms with Gasteiger partial charge in [0.05, 0.1) is 16.9 Å². The van der Waals surface area contributed by atoms with E-state index in [1.807, 2.05) is 13.8 Å². The van der Waals surface area contributed by atoms with Crippen molar-refractivity contribution in [2.24, 2.45) is 0 Å². The predicted octanol–water partition coefficient (Wildman–Crippen LogP) is 4.04. The molecule has 0 heterocycles. The molecule has 0 fully saturated rings. The van der Waals surface area contributed by atoms with Crippen molar-refractivity contribution in [1.29, 1.82) is 0 Å². The molecule has 37 heavy (non-hydrogen) atoms. The molecule has 2 aromatic rings. The Morgan fingerprint density at radius 2 is 1.78 bits per heavy atom. The minimum atomic E-state index is -4.03. The molecular formula is C25H33ClN4O6S. The average Bonchev–Trinajstić information content (AvgIpc) is 2.82. The summed E-state index contributed by atoms with van der Waals surface area (Å²) in [5.41, 5.74) is 0.724. The summed E-state index contributed by atoms with van der Waals surface area (Å²) in [6, 6.07) is 9.65. The van der Waals surface area contributed by atoms with Gasteiger partial charge in [0.2, 0.25) is 21.8 Å². The number of hydrogen-bond acceptors (Lipinski definition) is 6. The number of nitrogens with one attached hydrogen (secondary N) is 1. The molecule has 0 aliphatic rings. The Bertz CT molecular complexity index is 1250. The normalized spacial score (nSPS) is 12.9. The number of nitrogens with zero attached hydrogens (tertiary/aromatic N) is 3. The van der Waals surface area contributed by atoms with E-state index in [9.17, 15) is 28.1 Å². The number of nitro benzene ring substituents is 1. The molecule has 1 N–H and O–H groups in total. The van der Waals surface area contributed by atoms with Crippen LogP contribution in [0, 0.1) is 17.0 Å². The number of carbonyl (C=O) groups excluding carboxylic acids is 2. The van der Waals surface area contributed by atoms with Crippen LogP contribution in [0.2, 0.25) is 5.02 Å². The number of benzene rings is 2. The second kappa shape index (κ2) is 12.9. The van der Waals surface area contributed by atoms with E-state index in [0.717, 1.165) is 16.6 Å². The molecule has 12 heteroatoms. The van der Waals surface area contributed by atoms with Crippen molar-refractivity contribution >= 4 is 44.8 Å². The van der Waals surface area contributed by atoms with Crippen molar-refractivity contribution in [3.05, 3.63) is 68.7 Å². The molecular weight excluding hydrogens is 520 g/mol. The molecule has 0 aromatic heterocycles. The van der Waals surface area contributed by atoms with Gasteiger partial charge < -0.3 is 10.2 Å². The highest BCUT2D eigenvalue weighted by Gasteiger charge is 2.33. The fourth-order valence-electron chi connectivity index (χ4n) is 3.75. The maximum absolute atomic E-state index is 13.7. The van der Waals surface area contributed by atoms with Gasteiger partial charge in [0.25, 0.3) is 5.69 Å². The molecule has 2 atom stereocenters. The Labute approximate surface area is 222 Å². The molecule has 0 unspecified atom stereocenters. The number of amides is 2. The fourth-order valence-corrected chi connectivity index (χ4v) is 4.84. The van der Waals surface area contributed by atoms with E-state index in [4.69, 9.17) is 11.6 Å². The van der Waals surface area contributed by atoms with Crippen LogP contribution >= 0.6 is 11.6 Å². The first-order valence-corrected chi connectivity index (χ1v) is 14.1. The summed E-state index contributed by atoms with van der Waals surface area (Å²) < 4.78 is 26.4. The third kappa shape index (κ3) is 7.90. The molecule has 2 rings (SSSR count). The Balaban J connectivity index is 2.54. The third-order valence-corrected chi connectivity index (χ3v) is 7.53. The second-order valence-electron chi connectivity index (χ2n) is 8.85. The lowest BCUT2D eigenvalue weighted by Crippen LogP contribution is -2.53. The van der Waals surface area contributed by atoms with Crippen molar-refractivity contribution in [3.63, 3.8) is 0 Å². The van der Waals surface area contributed by atoms with Crippen LogP contribution in [0.5, 0.6) is 0 Å². The van der Waals surface area contributed by atoms with E-state index < -0.39 is 33.4 Å². The first kappa shape index (κ1) is 30.0. The fraction of sp³-hybridized carbons (Fsp3) is 0.440. The number of anilines is 1. The zero-order chi connectivity index (χ0) is 27.9. The lowest BCUT2D eigenvalue weighted by atomic mass is 10.1. The van der Waals surface area contributed by atoms with Crippen molar-refractivity contribution in [3.8, 4) is 0 Å². The Hall–Kier alpha value is -3.18. The van der Waals surface area contributed by atoms with Gasteiger partial charge in [0, 0.05) is 29.7 Å². The highest BCUT2D eigenvalue weighted by molar-refractivity contribution is 7.92. The number of nitro groups is 1. The van der Waals surface area contributed by atoms with E-state index in [1.165, 1.54) is 17.0 Å². The van der Waals surface area contributed by atoms with Gasteiger partial charge >= 0.3 is 0 Å². The van der Waals surface area contributed by atoms with Crippen LogP contribution in [-0.4, -0.2) is 54.9 Å². The largest absolute Gasteiger partial charge is 0.352 e. The standard InChI is InChI=1S/C25H33ClN4O6S/c1-6-18(4)27-25(32)22(7-2)28(15-19-10-8-9-11-21(19)26)24(31)16-29(37(5,35)36)23-14-20(30(33)34)13-12-17(23)3/h8-14,18,22H,6-7,15-16H2,1-5H3,(H,27,32)/t18-,22+/m1/s1. The highest BCUT2D eigenvalue weighted by atomic mass is 35.5. The first-order valence-electron chi connectivity index (χ1n) is 11.9. The molecule has 2 amide bonds. The van der Waals surface area contributed by atoms with E-state index in [2.05, 4.69) is 5.32 Å². The zero-order valence-electron chi connectivity index (χ0n) is 21.6. The summed E-state index contributed by atoms with van der Waals surface area (Å²) in [5, 5.41) is 14.6. The minimum Gasteiger partial charge on any atom is -0.352 e. The van der Waals surface area contributed by atoms with Crippen molar-refractivity contribution in [1.82, 2.24) is 10.2 Å². The summed E-state index contributed by atoms with van der Waals surface area (Å²) in [6.07, 6.45) is 1.88. The summed E-state index contributed by atoms with van der Waals surface area (Å²) in [5.74, 6) is -1.02.